The third-order valence-corrected chi connectivity index (χ3v) is 2.74. The predicted molar refractivity (Wildman–Crippen MR) is 59.2 cm³/mol. The van der Waals surface area contributed by atoms with Crippen molar-refractivity contribution in [2.24, 2.45) is 11.7 Å². The number of hydrogen-bond donors (Lipinski definition) is 2. The summed E-state index contributed by atoms with van der Waals surface area (Å²) in [6.45, 7) is 0.421. The number of carbonyl (C=O) groups is 1. The van der Waals surface area contributed by atoms with Gasteiger partial charge in [0.05, 0.1) is 12.2 Å². The first-order valence-corrected chi connectivity index (χ1v) is 5.54. The molecule has 1 atom stereocenters. The molecule has 1 saturated carbocycles. The van der Waals surface area contributed by atoms with Crippen molar-refractivity contribution in [3.63, 3.8) is 0 Å². The summed E-state index contributed by atoms with van der Waals surface area (Å²) >= 11 is 0. The maximum Gasteiger partial charge on any atom is 0.221 e. The van der Waals surface area contributed by atoms with Crippen molar-refractivity contribution in [3.8, 4) is 0 Å². The van der Waals surface area contributed by atoms with Crippen molar-refractivity contribution in [3.05, 3.63) is 24.0 Å². The van der Waals surface area contributed by atoms with Crippen LogP contribution in [0.2, 0.25) is 0 Å². The average molecular weight is 220 g/mol. The third kappa shape index (κ3) is 3.27. The lowest BCUT2D eigenvalue weighted by molar-refractivity contribution is -0.121. The fraction of sp³-hybridized carbons (Fsp3) is 0.545. The van der Waals surface area contributed by atoms with Gasteiger partial charge in [0, 0.05) is 18.7 Å². The molecule has 1 unspecified atom stereocenters. The molecule has 1 amide bonds. The second-order valence-electron chi connectivity index (χ2n) is 4.20. The van der Waals surface area contributed by atoms with Gasteiger partial charge < -0.3 is 11.1 Å². The number of nitrogens with one attached hydrogen (secondary N) is 1. The molecule has 2 rings (SSSR count). The van der Waals surface area contributed by atoms with Gasteiger partial charge in [-0.1, -0.05) is 0 Å². The number of hydrogen-bond acceptors (Lipinski definition) is 4. The van der Waals surface area contributed by atoms with Gasteiger partial charge in [0.2, 0.25) is 5.91 Å². The number of carbonyl (C=O) groups excluding carboxylic acids is 1. The summed E-state index contributed by atoms with van der Waals surface area (Å²) in [5.74, 6) is 0.548. The topological polar surface area (TPSA) is 80.9 Å². The average Bonchev–Trinajstić information content (AvgIpc) is 3.11. The summed E-state index contributed by atoms with van der Waals surface area (Å²) in [7, 11) is 0. The van der Waals surface area contributed by atoms with Crippen molar-refractivity contribution >= 4 is 5.91 Å². The fourth-order valence-corrected chi connectivity index (χ4v) is 1.59. The van der Waals surface area contributed by atoms with E-state index in [1.54, 1.807) is 12.3 Å². The molecule has 0 bridgehead atoms. The zero-order chi connectivity index (χ0) is 11.4. The molecule has 1 aromatic rings. The van der Waals surface area contributed by atoms with Crippen LogP contribution in [0.3, 0.4) is 0 Å². The number of nitrogens with two attached hydrogens (primary N) is 1. The molecule has 3 N–H and O–H groups in total. The number of rotatable bonds is 5. The lowest BCUT2D eigenvalue weighted by Gasteiger charge is -2.09. The molecule has 5 nitrogen and oxygen atoms in total. The van der Waals surface area contributed by atoms with Gasteiger partial charge in [-0.3, -0.25) is 4.79 Å². The molecule has 0 aliphatic heterocycles. The minimum absolute atomic E-state index is 0.00921. The second kappa shape index (κ2) is 5.03. The minimum Gasteiger partial charge on any atom is -0.350 e. The fourth-order valence-electron chi connectivity index (χ4n) is 1.59. The molecule has 5 heteroatoms. The largest absolute Gasteiger partial charge is 0.350 e. The van der Waals surface area contributed by atoms with E-state index in [0.29, 0.717) is 18.9 Å². The van der Waals surface area contributed by atoms with E-state index < -0.39 is 0 Å². The van der Waals surface area contributed by atoms with Crippen LogP contribution in [0.5, 0.6) is 0 Å². The Bertz CT molecular complexity index is 350. The first kappa shape index (κ1) is 11.0. The molecule has 16 heavy (non-hydrogen) atoms. The highest BCUT2D eigenvalue weighted by Crippen LogP contribution is 2.32. The highest BCUT2D eigenvalue weighted by molar-refractivity contribution is 5.76. The van der Waals surface area contributed by atoms with Crippen LogP contribution in [0.4, 0.5) is 0 Å². The van der Waals surface area contributed by atoms with E-state index in [1.165, 1.54) is 12.8 Å². The van der Waals surface area contributed by atoms with E-state index in [-0.39, 0.29) is 11.9 Å². The summed E-state index contributed by atoms with van der Waals surface area (Å²) in [5, 5.41) is 10.4. The zero-order valence-corrected chi connectivity index (χ0v) is 9.10. The van der Waals surface area contributed by atoms with E-state index in [0.717, 1.165) is 5.69 Å². The maximum atomic E-state index is 11.5. The summed E-state index contributed by atoms with van der Waals surface area (Å²) < 4.78 is 0. The van der Waals surface area contributed by atoms with Gasteiger partial charge in [-0.25, -0.2) is 0 Å². The highest BCUT2D eigenvalue weighted by Gasteiger charge is 2.29. The normalized spacial score (nSPS) is 16.8. The molecule has 0 spiro atoms. The van der Waals surface area contributed by atoms with E-state index in [2.05, 4.69) is 15.5 Å². The molecule has 0 radical (unpaired) electrons. The Balaban J connectivity index is 1.71. The Morgan fingerprint density at radius 3 is 3.06 bits per heavy atom. The van der Waals surface area contributed by atoms with Gasteiger partial charge >= 0.3 is 0 Å². The van der Waals surface area contributed by atoms with Gasteiger partial charge in [-0.15, -0.1) is 0 Å². The van der Waals surface area contributed by atoms with Gasteiger partial charge in [-0.2, -0.15) is 10.2 Å². The first-order valence-electron chi connectivity index (χ1n) is 5.54. The third-order valence-electron chi connectivity index (χ3n) is 2.74. The van der Waals surface area contributed by atoms with Crippen LogP contribution in [0.25, 0.3) is 0 Å². The van der Waals surface area contributed by atoms with Crippen LogP contribution in [0.15, 0.2) is 18.3 Å². The summed E-state index contributed by atoms with van der Waals surface area (Å²) in [4.78, 5) is 11.5. The highest BCUT2D eigenvalue weighted by atomic mass is 16.1. The molecule has 1 fully saturated rings. The van der Waals surface area contributed by atoms with Crippen molar-refractivity contribution in [2.75, 3.05) is 0 Å². The summed E-state index contributed by atoms with van der Waals surface area (Å²) in [6.07, 6.45) is 4.34. The second-order valence-corrected chi connectivity index (χ2v) is 4.20. The monoisotopic (exact) mass is 220 g/mol. The predicted octanol–water partition coefficient (Wildman–Crippen LogP) is 0.220. The SMILES string of the molecule is NC(CC(=O)NCc1cccnn1)C1CC1. The molecule has 86 valence electrons. The molecule has 1 aromatic heterocycles. The Labute approximate surface area is 94.4 Å². The van der Waals surface area contributed by atoms with E-state index in [4.69, 9.17) is 5.73 Å². The van der Waals surface area contributed by atoms with Crippen LogP contribution in [-0.4, -0.2) is 22.1 Å². The van der Waals surface area contributed by atoms with Crippen LogP contribution in [0.1, 0.15) is 25.0 Å². The van der Waals surface area contributed by atoms with Crippen molar-refractivity contribution in [1.29, 1.82) is 0 Å². The van der Waals surface area contributed by atoms with Crippen LogP contribution >= 0.6 is 0 Å². The Kier molecular flexibility index (Phi) is 3.46. The van der Waals surface area contributed by atoms with E-state index in [1.807, 2.05) is 6.07 Å². The lowest BCUT2D eigenvalue weighted by Crippen LogP contribution is -2.32. The first-order chi connectivity index (χ1) is 7.75. The van der Waals surface area contributed by atoms with Crippen LogP contribution in [-0.2, 0) is 11.3 Å². The van der Waals surface area contributed by atoms with Gasteiger partial charge in [0.25, 0.3) is 0 Å². The number of nitrogens with zero attached hydrogens (tertiary/aromatic N) is 2. The zero-order valence-electron chi connectivity index (χ0n) is 9.10. The number of aromatic nitrogens is 2. The van der Waals surface area contributed by atoms with Crippen LogP contribution < -0.4 is 11.1 Å². The Morgan fingerprint density at radius 1 is 1.62 bits per heavy atom. The van der Waals surface area contributed by atoms with Crippen molar-refractivity contribution in [1.82, 2.24) is 15.5 Å². The maximum absolute atomic E-state index is 11.5. The quantitative estimate of drug-likeness (QED) is 0.743. The van der Waals surface area contributed by atoms with Crippen molar-refractivity contribution < 1.29 is 4.79 Å². The van der Waals surface area contributed by atoms with Crippen LogP contribution in [0, 0.1) is 5.92 Å². The Hall–Kier alpha value is -1.49. The van der Waals surface area contributed by atoms with E-state index in [9.17, 15) is 4.79 Å². The molecule has 1 aliphatic carbocycles. The van der Waals surface area contributed by atoms with E-state index >= 15 is 0 Å². The Morgan fingerprint density at radius 2 is 2.44 bits per heavy atom. The van der Waals surface area contributed by atoms with Gasteiger partial charge in [0.15, 0.2) is 0 Å². The molecular weight excluding hydrogens is 204 g/mol. The molecule has 1 aliphatic rings. The minimum atomic E-state index is -0.00921. The smallest absolute Gasteiger partial charge is 0.221 e. The van der Waals surface area contributed by atoms with Crippen molar-refractivity contribution in [2.45, 2.75) is 31.8 Å². The number of amides is 1. The standard InChI is InChI=1S/C11H16N4O/c12-10(8-3-4-8)6-11(16)13-7-9-2-1-5-14-15-9/h1-2,5,8,10H,3-4,6-7,12H2,(H,13,16). The molecule has 0 aromatic carbocycles. The molecule has 1 heterocycles. The molecule has 0 saturated heterocycles. The lowest BCUT2D eigenvalue weighted by atomic mass is 10.1. The van der Waals surface area contributed by atoms with Gasteiger partial charge in [0.1, 0.15) is 0 Å². The molecular formula is C11H16N4O. The summed E-state index contributed by atoms with van der Waals surface area (Å²) in [5.41, 5.74) is 6.62. The van der Waals surface area contributed by atoms with Gasteiger partial charge in [-0.05, 0) is 30.9 Å². The summed E-state index contributed by atoms with van der Waals surface area (Å²) in [6, 6.07) is 3.64.